The number of furan rings is 1. The van der Waals surface area contributed by atoms with Crippen LogP contribution >= 0.6 is 0 Å². The van der Waals surface area contributed by atoms with E-state index < -0.39 is 6.10 Å². The van der Waals surface area contributed by atoms with Gasteiger partial charge in [-0.1, -0.05) is 18.2 Å². The fraction of sp³-hybridized carbons (Fsp3) is 0.467. The van der Waals surface area contributed by atoms with Crippen LogP contribution in [0.3, 0.4) is 0 Å². The van der Waals surface area contributed by atoms with Crippen molar-refractivity contribution in [2.24, 2.45) is 0 Å². The Bertz CT molecular complexity index is 496. The Balaban J connectivity index is 1.70. The van der Waals surface area contributed by atoms with Gasteiger partial charge in [-0.05, 0) is 18.6 Å². The minimum absolute atomic E-state index is 0.578. The molecular formula is C15H19NO3. The number of ether oxygens (including phenoxy) is 1. The SMILES string of the molecule is OC(CN1CCCOCC1)c1cc2ccccc2o1. The van der Waals surface area contributed by atoms with Crippen LogP contribution in [0.5, 0.6) is 0 Å². The summed E-state index contributed by atoms with van der Waals surface area (Å²) in [5.74, 6) is 0.645. The highest BCUT2D eigenvalue weighted by molar-refractivity contribution is 5.77. The van der Waals surface area contributed by atoms with Crippen LogP contribution in [0.25, 0.3) is 11.0 Å². The van der Waals surface area contributed by atoms with Gasteiger partial charge in [-0.3, -0.25) is 4.90 Å². The molecule has 1 unspecified atom stereocenters. The molecule has 1 saturated heterocycles. The molecular weight excluding hydrogens is 242 g/mol. The summed E-state index contributed by atoms with van der Waals surface area (Å²) in [6.07, 6.45) is 0.442. The van der Waals surface area contributed by atoms with E-state index in [1.807, 2.05) is 30.3 Å². The van der Waals surface area contributed by atoms with Crippen LogP contribution in [0.15, 0.2) is 34.7 Å². The highest BCUT2D eigenvalue weighted by Crippen LogP contribution is 2.24. The van der Waals surface area contributed by atoms with Crippen LogP contribution in [0.4, 0.5) is 0 Å². The molecule has 0 amide bonds. The van der Waals surface area contributed by atoms with Crippen LogP contribution < -0.4 is 0 Å². The molecule has 1 N–H and O–H groups in total. The van der Waals surface area contributed by atoms with Crippen LogP contribution in [0, 0.1) is 0 Å². The summed E-state index contributed by atoms with van der Waals surface area (Å²) in [6.45, 7) is 4.00. The number of hydrogen-bond acceptors (Lipinski definition) is 4. The molecule has 1 aromatic heterocycles. The minimum atomic E-state index is -0.578. The van der Waals surface area contributed by atoms with Crippen LogP contribution in [-0.2, 0) is 4.74 Å². The zero-order valence-electron chi connectivity index (χ0n) is 10.9. The number of nitrogens with zero attached hydrogens (tertiary/aromatic N) is 1. The van der Waals surface area contributed by atoms with Gasteiger partial charge in [-0.15, -0.1) is 0 Å². The van der Waals surface area contributed by atoms with E-state index >= 15 is 0 Å². The smallest absolute Gasteiger partial charge is 0.135 e. The van der Waals surface area contributed by atoms with Gasteiger partial charge in [0.15, 0.2) is 0 Å². The Morgan fingerprint density at radius 1 is 1.21 bits per heavy atom. The molecule has 0 spiro atoms. The summed E-state index contributed by atoms with van der Waals surface area (Å²) >= 11 is 0. The second-order valence-corrected chi connectivity index (χ2v) is 4.97. The van der Waals surface area contributed by atoms with Crippen molar-refractivity contribution in [3.8, 4) is 0 Å². The molecule has 4 nitrogen and oxygen atoms in total. The van der Waals surface area contributed by atoms with Crippen molar-refractivity contribution in [2.45, 2.75) is 12.5 Å². The lowest BCUT2D eigenvalue weighted by atomic mass is 10.2. The Morgan fingerprint density at radius 2 is 2.11 bits per heavy atom. The van der Waals surface area contributed by atoms with Crippen molar-refractivity contribution < 1.29 is 14.3 Å². The van der Waals surface area contributed by atoms with E-state index in [4.69, 9.17) is 9.15 Å². The Morgan fingerprint density at radius 3 is 3.00 bits per heavy atom. The minimum Gasteiger partial charge on any atom is -0.458 e. The van der Waals surface area contributed by atoms with Gasteiger partial charge in [0.2, 0.25) is 0 Å². The summed E-state index contributed by atoms with van der Waals surface area (Å²) in [7, 11) is 0. The van der Waals surface area contributed by atoms with Gasteiger partial charge in [0.25, 0.3) is 0 Å². The first-order valence-electron chi connectivity index (χ1n) is 6.79. The summed E-state index contributed by atoms with van der Waals surface area (Å²) in [5.41, 5.74) is 0.829. The lowest BCUT2D eigenvalue weighted by Crippen LogP contribution is -2.30. The molecule has 102 valence electrons. The predicted molar refractivity (Wildman–Crippen MR) is 73.0 cm³/mol. The topological polar surface area (TPSA) is 45.8 Å². The van der Waals surface area contributed by atoms with Crippen molar-refractivity contribution in [1.82, 2.24) is 4.90 Å². The number of β-amino-alcohol motifs (C(OH)–C–C–N with tert-alkyl or cyclic N) is 1. The lowest BCUT2D eigenvalue weighted by Gasteiger charge is -2.21. The number of aliphatic hydroxyl groups excluding tert-OH is 1. The average molecular weight is 261 g/mol. The molecule has 0 aliphatic carbocycles. The van der Waals surface area contributed by atoms with E-state index in [-0.39, 0.29) is 0 Å². The van der Waals surface area contributed by atoms with Crippen LogP contribution in [0.1, 0.15) is 18.3 Å². The Hall–Kier alpha value is -1.36. The van der Waals surface area contributed by atoms with Crippen molar-refractivity contribution in [2.75, 3.05) is 32.8 Å². The van der Waals surface area contributed by atoms with Gasteiger partial charge in [-0.25, -0.2) is 0 Å². The summed E-state index contributed by atoms with van der Waals surface area (Å²) in [5, 5.41) is 11.3. The molecule has 19 heavy (non-hydrogen) atoms. The highest BCUT2D eigenvalue weighted by atomic mass is 16.5. The normalized spacial score (nSPS) is 19.4. The second-order valence-electron chi connectivity index (χ2n) is 4.97. The van der Waals surface area contributed by atoms with Crippen LogP contribution in [0.2, 0.25) is 0 Å². The van der Waals surface area contributed by atoms with Gasteiger partial charge in [0.05, 0.1) is 6.61 Å². The number of para-hydroxylation sites is 1. The van der Waals surface area contributed by atoms with E-state index in [0.717, 1.165) is 43.7 Å². The first-order chi connectivity index (χ1) is 9.33. The molecule has 4 heteroatoms. The van der Waals surface area contributed by atoms with E-state index in [0.29, 0.717) is 12.3 Å². The fourth-order valence-corrected chi connectivity index (χ4v) is 2.48. The van der Waals surface area contributed by atoms with E-state index in [1.165, 1.54) is 0 Å². The zero-order chi connectivity index (χ0) is 13.1. The maximum atomic E-state index is 10.3. The largest absolute Gasteiger partial charge is 0.458 e. The number of benzene rings is 1. The van der Waals surface area contributed by atoms with E-state index in [2.05, 4.69) is 4.90 Å². The summed E-state index contributed by atoms with van der Waals surface area (Å²) in [4.78, 5) is 2.23. The third-order valence-electron chi connectivity index (χ3n) is 3.52. The molecule has 0 radical (unpaired) electrons. The predicted octanol–water partition coefficient (Wildman–Crippen LogP) is 2.19. The quantitative estimate of drug-likeness (QED) is 0.920. The van der Waals surface area contributed by atoms with Gasteiger partial charge < -0.3 is 14.3 Å². The number of fused-ring (bicyclic) bond motifs is 1. The number of aliphatic hydroxyl groups is 1. The second kappa shape index (κ2) is 5.74. The molecule has 1 aliphatic rings. The molecule has 2 heterocycles. The molecule has 1 atom stereocenters. The number of hydrogen-bond donors (Lipinski definition) is 1. The average Bonchev–Trinajstić information content (AvgIpc) is 2.70. The van der Waals surface area contributed by atoms with Gasteiger partial charge in [-0.2, -0.15) is 0 Å². The molecule has 1 fully saturated rings. The fourth-order valence-electron chi connectivity index (χ4n) is 2.48. The first-order valence-corrected chi connectivity index (χ1v) is 6.79. The molecule has 3 rings (SSSR count). The Labute approximate surface area is 112 Å². The third-order valence-corrected chi connectivity index (χ3v) is 3.52. The zero-order valence-corrected chi connectivity index (χ0v) is 10.9. The van der Waals surface area contributed by atoms with Crippen molar-refractivity contribution in [3.63, 3.8) is 0 Å². The maximum absolute atomic E-state index is 10.3. The standard InChI is InChI=1S/C15H19NO3/c17-13(11-16-6-3-8-18-9-7-16)15-10-12-4-1-2-5-14(12)19-15/h1-2,4-5,10,13,17H,3,6-9,11H2. The lowest BCUT2D eigenvalue weighted by molar-refractivity contribution is 0.0901. The van der Waals surface area contributed by atoms with Crippen molar-refractivity contribution in [1.29, 1.82) is 0 Å². The van der Waals surface area contributed by atoms with Crippen molar-refractivity contribution in [3.05, 3.63) is 36.1 Å². The highest BCUT2D eigenvalue weighted by Gasteiger charge is 2.18. The van der Waals surface area contributed by atoms with Gasteiger partial charge in [0.1, 0.15) is 17.4 Å². The Kier molecular flexibility index (Phi) is 3.82. The summed E-state index contributed by atoms with van der Waals surface area (Å²) < 4.78 is 11.1. The van der Waals surface area contributed by atoms with Gasteiger partial charge in [0, 0.05) is 31.6 Å². The van der Waals surface area contributed by atoms with Gasteiger partial charge >= 0.3 is 0 Å². The molecule has 0 bridgehead atoms. The monoisotopic (exact) mass is 261 g/mol. The van der Waals surface area contributed by atoms with E-state index in [9.17, 15) is 5.11 Å². The van der Waals surface area contributed by atoms with Crippen LogP contribution in [-0.4, -0.2) is 42.9 Å². The number of rotatable bonds is 3. The maximum Gasteiger partial charge on any atom is 0.135 e. The summed E-state index contributed by atoms with van der Waals surface area (Å²) in [6, 6.07) is 9.75. The molecule has 1 aromatic carbocycles. The van der Waals surface area contributed by atoms with Crippen molar-refractivity contribution >= 4 is 11.0 Å². The first kappa shape index (κ1) is 12.7. The molecule has 1 aliphatic heterocycles. The third kappa shape index (κ3) is 2.97. The van der Waals surface area contributed by atoms with E-state index in [1.54, 1.807) is 0 Å². The molecule has 0 saturated carbocycles. The molecule has 2 aromatic rings.